The molecule has 0 bridgehead atoms. The van der Waals surface area contributed by atoms with E-state index in [0.29, 0.717) is 49.0 Å². The lowest BCUT2D eigenvalue weighted by Gasteiger charge is -2.31. The molecular formula is C29H29N3O3. The van der Waals surface area contributed by atoms with Crippen molar-refractivity contribution in [1.82, 2.24) is 15.2 Å². The maximum atomic E-state index is 13.1. The number of carbonyl (C=O) groups excluding carboxylic acids is 2. The topological polar surface area (TPSA) is 75.4 Å². The highest BCUT2D eigenvalue weighted by Crippen LogP contribution is 2.26. The Morgan fingerprint density at radius 3 is 2.51 bits per heavy atom. The molecule has 0 radical (unpaired) electrons. The second-order valence-electron chi connectivity index (χ2n) is 9.21. The highest BCUT2D eigenvalue weighted by atomic mass is 16.3. The molecule has 2 heterocycles. The first-order valence-corrected chi connectivity index (χ1v) is 12.1. The van der Waals surface area contributed by atoms with Gasteiger partial charge in [0.1, 0.15) is 5.52 Å². The summed E-state index contributed by atoms with van der Waals surface area (Å²) in [5, 5.41) is 3.04. The van der Waals surface area contributed by atoms with E-state index in [1.807, 2.05) is 65.6 Å². The summed E-state index contributed by atoms with van der Waals surface area (Å²) >= 11 is 0. The Kier molecular flexibility index (Phi) is 6.62. The normalized spacial score (nSPS) is 14.3. The van der Waals surface area contributed by atoms with Gasteiger partial charge in [-0.25, -0.2) is 4.98 Å². The van der Waals surface area contributed by atoms with E-state index in [4.69, 9.17) is 4.42 Å². The van der Waals surface area contributed by atoms with Gasteiger partial charge in [-0.2, -0.15) is 0 Å². The number of likely N-dealkylation sites (tertiary alicyclic amines) is 1. The number of rotatable bonds is 6. The summed E-state index contributed by atoms with van der Waals surface area (Å²) in [6, 6.07) is 23.2. The first-order valence-electron chi connectivity index (χ1n) is 12.1. The predicted octanol–water partition coefficient (Wildman–Crippen LogP) is 5.36. The van der Waals surface area contributed by atoms with Crippen LogP contribution in [-0.4, -0.2) is 34.8 Å². The number of nitrogens with zero attached hydrogens (tertiary/aromatic N) is 2. The SMILES string of the molecule is Cc1ccccc1CNC(=O)CC1CCN(C(=O)c2ccc3nc(-c4ccccc4)oc3c2)CC1. The van der Waals surface area contributed by atoms with E-state index in [1.165, 1.54) is 5.56 Å². The third-order valence-corrected chi connectivity index (χ3v) is 6.77. The number of aromatic nitrogens is 1. The van der Waals surface area contributed by atoms with Gasteiger partial charge in [-0.3, -0.25) is 9.59 Å². The lowest BCUT2D eigenvalue weighted by atomic mass is 9.92. The van der Waals surface area contributed by atoms with Gasteiger partial charge in [-0.1, -0.05) is 42.5 Å². The smallest absolute Gasteiger partial charge is 0.253 e. The molecule has 6 heteroatoms. The molecule has 4 aromatic rings. The van der Waals surface area contributed by atoms with Crippen LogP contribution in [-0.2, 0) is 11.3 Å². The second kappa shape index (κ2) is 10.1. The van der Waals surface area contributed by atoms with E-state index in [1.54, 1.807) is 6.07 Å². The highest BCUT2D eigenvalue weighted by molar-refractivity contribution is 5.97. The average molecular weight is 468 g/mol. The monoisotopic (exact) mass is 467 g/mol. The van der Waals surface area contributed by atoms with Gasteiger partial charge >= 0.3 is 0 Å². The molecule has 0 unspecified atom stereocenters. The minimum atomic E-state index is -0.00739. The Hall–Kier alpha value is -3.93. The van der Waals surface area contributed by atoms with Crippen LogP contribution in [0.4, 0.5) is 0 Å². The third-order valence-electron chi connectivity index (χ3n) is 6.77. The number of amides is 2. The van der Waals surface area contributed by atoms with Crippen molar-refractivity contribution >= 4 is 22.9 Å². The molecule has 2 amide bonds. The zero-order valence-corrected chi connectivity index (χ0v) is 19.9. The van der Waals surface area contributed by atoms with Gasteiger partial charge in [-0.05, 0) is 67.1 Å². The van der Waals surface area contributed by atoms with Crippen molar-refractivity contribution in [3.05, 3.63) is 89.5 Å². The van der Waals surface area contributed by atoms with Gasteiger partial charge in [0.05, 0.1) is 0 Å². The number of carbonyl (C=O) groups is 2. The van der Waals surface area contributed by atoms with Crippen LogP contribution in [0.25, 0.3) is 22.6 Å². The number of nitrogens with one attached hydrogen (secondary N) is 1. The van der Waals surface area contributed by atoms with Crippen molar-refractivity contribution < 1.29 is 14.0 Å². The van der Waals surface area contributed by atoms with E-state index < -0.39 is 0 Å². The zero-order valence-electron chi connectivity index (χ0n) is 19.9. The van der Waals surface area contributed by atoms with Gasteiger partial charge in [0.25, 0.3) is 5.91 Å². The minimum absolute atomic E-state index is 0.00739. The Bertz CT molecular complexity index is 1340. The van der Waals surface area contributed by atoms with Crippen molar-refractivity contribution in [2.75, 3.05) is 13.1 Å². The summed E-state index contributed by atoms with van der Waals surface area (Å²) in [5.74, 6) is 0.905. The van der Waals surface area contributed by atoms with Crippen molar-refractivity contribution in [1.29, 1.82) is 0 Å². The number of hydrogen-bond acceptors (Lipinski definition) is 4. The van der Waals surface area contributed by atoms with Crippen LogP contribution in [0.5, 0.6) is 0 Å². The molecule has 0 aliphatic carbocycles. The number of piperidine rings is 1. The van der Waals surface area contributed by atoms with Crippen LogP contribution >= 0.6 is 0 Å². The lowest BCUT2D eigenvalue weighted by Crippen LogP contribution is -2.39. The molecule has 1 saturated heterocycles. The predicted molar refractivity (Wildman–Crippen MR) is 136 cm³/mol. The van der Waals surface area contributed by atoms with Crippen LogP contribution < -0.4 is 5.32 Å². The Labute approximate surface area is 205 Å². The van der Waals surface area contributed by atoms with Crippen LogP contribution in [0, 0.1) is 12.8 Å². The maximum absolute atomic E-state index is 13.1. The van der Waals surface area contributed by atoms with Gasteiger partial charge < -0.3 is 14.6 Å². The molecule has 1 aliphatic heterocycles. The molecule has 0 spiro atoms. The minimum Gasteiger partial charge on any atom is -0.436 e. The number of hydrogen-bond donors (Lipinski definition) is 1. The van der Waals surface area contributed by atoms with Crippen LogP contribution in [0.15, 0.2) is 77.2 Å². The first-order chi connectivity index (χ1) is 17.1. The molecule has 35 heavy (non-hydrogen) atoms. The fourth-order valence-electron chi connectivity index (χ4n) is 4.62. The molecular weight excluding hydrogens is 438 g/mol. The summed E-state index contributed by atoms with van der Waals surface area (Å²) in [7, 11) is 0. The molecule has 1 aromatic heterocycles. The molecule has 178 valence electrons. The van der Waals surface area contributed by atoms with E-state index in [0.717, 1.165) is 29.5 Å². The van der Waals surface area contributed by atoms with Crippen molar-refractivity contribution in [2.45, 2.75) is 32.7 Å². The standard InChI is InChI=1S/C29H29N3O3/c1-20-7-5-6-10-24(20)19-30-27(33)17-21-13-15-32(16-14-21)29(34)23-11-12-25-26(18-23)35-28(31-25)22-8-3-2-4-9-22/h2-12,18,21H,13-17,19H2,1H3,(H,30,33). The van der Waals surface area contributed by atoms with E-state index in [9.17, 15) is 9.59 Å². The van der Waals surface area contributed by atoms with Gasteiger partial charge in [0, 0.05) is 37.2 Å². The first kappa shape index (κ1) is 22.8. The fraction of sp³-hybridized carbons (Fsp3) is 0.276. The van der Waals surface area contributed by atoms with Crippen LogP contribution in [0.2, 0.25) is 0 Å². The van der Waals surface area contributed by atoms with Crippen molar-refractivity contribution in [3.8, 4) is 11.5 Å². The number of oxazole rings is 1. The summed E-state index contributed by atoms with van der Waals surface area (Å²) in [5.41, 5.74) is 5.16. The number of fused-ring (bicyclic) bond motifs is 1. The average Bonchev–Trinajstić information content (AvgIpc) is 3.32. The second-order valence-corrected chi connectivity index (χ2v) is 9.21. The molecule has 1 aliphatic rings. The van der Waals surface area contributed by atoms with Gasteiger partial charge in [-0.15, -0.1) is 0 Å². The molecule has 3 aromatic carbocycles. The molecule has 0 saturated carbocycles. The Morgan fingerprint density at radius 1 is 1.00 bits per heavy atom. The van der Waals surface area contributed by atoms with E-state index in [-0.39, 0.29) is 11.8 Å². The molecule has 1 fully saturated rings. The van der Waals surface area contributed by atoms with E-state index in [2.05, 4.69) is 23.3 Å². The van der Waals surface area contributed by atoms with Gasteiger partial charge in [0.2, 0.25) is 11.8 Å². The van der Waals surface area contributed by atoms with Crippen LogP contribution in [0.1, 0.15) is 40.7 Å². The Morgan fingerprint density at radius 2 is 1.74 bits per heavy atom. The quantitative estimate of drug-likeness (QED) is 0.414. The van der Waals surface area contributed by atoms with E-state index >= 15 is 0 Å². The highest BCUT2D eigenvalue weighted by Gasteiger charge is 2.25. The fourth-order valence-corrected chi connectivity index (χ4v) is 4.62. The maximum Gasteiger partial charge on any atom is 0.253 e. The largest absolute Gasteiger partial charge is 0.436 e. The van der Waals surface area contributed by atoms with Crippen LogP contribution in [0.3, 0.4) is 0 Å². The lowest BCUT2D eigenvalue weighted by molar-refractivity contribution is -0.122. The molecule has 0 atom stereocenters. The summed E-state index contributed by atoms with van der Waals surface area (Å²) in [4.78, 5) is 32.0. The Balaban J connectivity index is 1.15. The summed E-state index contributed by atoms with van der Waals surface area (Å²) in [6.07, 6.45) is 2.15. The molecule has 5 rings (SSSR count). The summed E-state index contributed by atoms with van der Waals surface area (Å²) < 4.78 is 5.93. The third kappa shape index (κ3) is 5.27. The zero-order chi connectivity index (χ0) is 24.2. The molecule has 1 N–H and O–H groups in total. The van der Waals surface area contributed by atoms with Crippen molar-refractivity contribution in [2.24, 2.45) is 5.92 Å². The van der Waals surface area contributed by atoms with Crippen molar-refractivity contribution in [3.63, 3.8) is 0 Å². The summed E-state index contributed by atoms with van der Waals surface area (Å²) in [6.45, 7) is 3.91. The number of benzene rings is 3. The number of aryl methyl sites for hydroxylation is 1. The molecule has 6 nitrogen and oxygen atoms in total. The van der Waals surface area contributed by atoms with Gasteiger partial charge in [0.15, 0.2) is 5.58 Å².